The number of hydrogen-bond acceptors (Lipinski definition) is 0. The van der Waals surface area contributed by atoms with Gasteiger partial charge in [-0.3, -0.25) is 0 Å². The number of allylic oxidation sites excluding steroid dienone is 4. The van der Waals surface area contributed by atoms with Crippen molar-refractivity contribution in [1.29, 1.82) is 0 Å². The summed E-state index contributed by atoms with van der Waals surface area (Å²) < 4.78 is 0. The molecule has 164 valence electrons. The second kappa shape index (κ2) is 11.2. The van der Waals surface area contributed by atoms with Gasteiger partial charge in [-0.1, -0.05) is 102 Å². The highest BCUT2D eigenvalue weighted by Crippen LogP contribution is 2.42. The van der Waals surface area contributed by atoms with E-state index < -0.39 is 0 Å². The van der Waals surface area contributed by atoms with E-state index in [0.29, 0.717) is 5.92 Å². The van der Waals surface area contributed by atoms with Crippen molar-refractivity contribution in [3.63, 3.8) is 0 Å². The lowest BCUT2D eigenvalue weighted by Crippen LogP contribution is -2.25. The van der Waals surface area contributed by atoms with Gasteiger partial charge in [-0.15, -0.1) is 0 Å². The van der Waals surface area contributed by atoms with Crippen molar-refractivity contribution in [1.82, 2.24) is 0 Å². The van der Waals surface area contributed by atoms with Crippen molar-refractivity contribution in [2.24, 2.45) is 29.6 Å². The summed E-state index contributed by atoms with van der Waals surface area (Å²) in [5.41, 5.74) is 4.92. The minimum atomic E-state index is 0.484. The van der Waals surface area contributed by atoms with Gasteiger partial charge in [0.15, 0.2) is 0 Å². The summed E-state index contributed by atoms with van der Waals surface area (Å²) in [6.45, 7) is 15.1. The highest BCUT2D eigenvalue weighted by molar-refractivity contribution is 5.72. The molecule has 1 aromatic rings. The third-order valence-electron chi connectivity index (χ3n) is 8.02. The molecule has 2 fully saturated rings. The first kappa shape index (κ1) is 23.1. The first-order valence-corrected chi connectivity index (χ1v) is 12.6. The molecule has 0 aliphatic heterocycles. The summed E-state index contributed by atoms with van der Waals surface area (Å²) in [7, 11) is 0. The van der Waals surface area contributed by atoms with E-state index in [9.17, 15) is 0 Å². The Morgan fingerprint density at radius 3 is 2.00 bits per heavy atom. The van der Waals surface area contributed by atoms with Gasteiger partial charge in [-0.25, -0.2) is 0 Å². The molecule has 0 unspecified atom stereocenters. The number of benzene rings is 1. The molecule has 0 saturated heterocycles. The summed E-state index contributed by atoms with van der Waals surface area (Å²) in [6.07, 6.45) is 18.7. The molecule has 0 spiro atoms. The predicted octanol–water partition coefficient (Wildman–Crippen LogP) is 9.03. The van der Waals surface area contributed by atoms with Crippen molar-refractivity contribution in [2.45, 2.75) is 85.0 Å². The van der Waals surface area contributed by atoms with Crippen LogP contribution in [-0.2, 0) is 6.42 Å². The molecule has 0 heterocycles. The van der Waals surface area contributed by atoms with Crippen molar-refractivity contribution in [3.8, 4) is 0 Å². The van der Waals surface area contributed by atoms with Gasteiger partial charge >= 0.3 is 0 Å². The summed E-state index contributed by atoms with van der Waals surface area (Å²) in [4.78, 5) is 0. The molecule has 0 atom stereocenters. The zero-order chi connectivity index (χ0) is 21.5. The Kier molecular flexibility index (Phi) is 8.61. The quantitative estimate of drug-likeness (QED) is 0.379. The lowest BCUT2D eigenvalue weighted by molar-refractivity contribution is 0.148. The maximum absolute atomic E-state index is 4.23. The Morgan fingerprint density at radius 2 is 1.43 bits per heavy atom. The lowest BCUT2D eigenvalue weighted by Gasteiger charge is -2.37. The van der Waals surface area contributed by atoms with Gasteiger partial charge in [-0.2, -0.15) is 0 Å². The molecule has 0 aromatic heterocycles. The van der Waals surface area contributed by atoms with Crippen molar-refractivity contribution in [2.75, 3.05) is 0 Å². The van der Waals surface area contributed by atoms with Crippen LogP contribution in [0.3, 0.4) is 0 Å². The van der Waals surface area contributed by atoms with E-state index >= 15 is 0 Å². The third kappa shape index (κ3) is 6.73. The standard InChI is InChI=1S/C30H44/c1-22(2)24(4)8-9-25(5)28-18-12-26(13-19-28)10-11-27-14-20-30(21-15-27)29-16-6-23(3)7-17-29/h8-9,12-13,18-19,22-23,27,29-30H,4-7,10-11,14-17,20-21H2,1-3H3/b9-8-. The van der Waals surface area contributed by atoms with Crippen LogP contribution in [0.25, 0.3) is 5.57 Å². The molecule has 0 bridgehead atoms. The Hall–Kier alpha value is -1.56. The number of rotatable bonds is 8. The fraction of sp³-hybridized carbons (Fsp3) is 0.600. The molecule has 0 nitrogen and oxygen atoms in total. The van der Waals surface area contributed by atoms with E-state index in [-0.39, 0.29) is 0 Å². The van der Waals surface area contributed by atoms with Gasteiger partial charge in [0.2, 0.25) is 0 Å². The molecule has 3 rings (SSSR count). The normalized spacial score (nSPS) is 27.5. The molecule has 0 N–H and O–H groups in total. The summed E-state index contributed by atoms with van der Waals surface area (Å²) in [5.74, 6) is 4.51. The van der Waals surface area contributed by atoms with Gasteiger partial charge in [0, 0.05) is 0 Å². The average molecular weight is 405 g/mol. The van der Waals surface area contributed by atoms with Gasteiger partial charge in [0.25, 0.3) is 0 Å². The van der Waals surface area contributed by atoms with E-state index in [1.807, 2.05) is 0 Å². The van der Waals surface area contributed by atoms with Gasteiger partial charge in [-0.05, 0) is 84.8 Å². The minimum Gasteiger partial charge on any atom is -0.0956 e. The first-order chi connectivity index (χ1) is 14.4. The van der Waals surface area contributed by atoms with Crippen LogP contribution in [-0.4, -0.2) is 0 Å². The van der Waals surface area contributed by atoms with E-state index in [0.717, 1.165) is 34.8 Å². The molecule has 0 radical (unpaired) electrons. The van der Waals surface area contributed by atoms with Gasteiger partial charge in [0.1, 0.15) is 0 Å². The second-order valence-corrected chi connectivity index (χ2v) is 10.6. The van der Waals surface area contributed by atoms with Crippen LogP contribution < -0.4 is 0 Å². The fourth-order valence-corrected chi connectivity index (χ4v) is 5.46. The van der Waals surface area contributed by atoms with Crippen LogP contribution in [0.15, 0.2) is 55.1 Å². The lowest BCUT2D eigenvalue weighted by atomic mass is 9.69. The highest BCUT2D eigenvalue weighted by Gasteiger charge is 2.29. The van der Waals surface area contributed by atoms with Crippen LogP contribution in [0.2, 0.25) is 0 Å². The van der Waals surface area contributed by atoms with Crippen LogP contribution >= 0.6 is 0 Å². The molecule has 1 aromatic carbocycles. The predicted molar refractivity (Wildman–Crippen MR) is 133 cm³/mol. The minimum absolute atomic E-state index is 0.484. The molecule has 0 amide bonds. The zero-order valence-electron chi connectivity index (χ0n) is 19.8. The largest absolute Gasteiger partial charge is 0.0956 e. The summed E-state index contributed by atoms with van der Waals surface area (Å²) >= 11 is 0. The topological polar surface area (TPSA) is 0 Å². The maximum Gasteiger partial charge on any atom is -0.0190 e. The van der Waals surface area contributed by atoms with E-state index in [2.05, 4.69) is 70.3 Å². The molecule has 2 aliphatic rings. The average Bonchev–Trinajstić information content (AvgIpc) is 2.77. The first-order valence-electron chi connectivity index (χ1n) is 12.6. The Bertz CT molecular complexity index is 701. The van der Waals surface area contributed by atoms with Crippen molar-refractivity contribution >= 4 is 5.57 Å². The summed E-state index contributed by atoms with van der Waals surface area (Å²) in [5, 5.41) is 0. The molecule has 0 heteroatoms. The molecule has 30 heavy (non-hydrogen) atoms. The second-order valence-electron chi connectivity index (χ2n) is 10.6. The number of aryl methyl sites for hydroxylation is 1. The van der Waals surface area contributed by atoms with E-state index in [4.69, 9.17) is 0 Å². The van der Waals surface area contributed by atoms with Crippen LogP contribution in [0.4, 0.5) is 0 Å². The Labute approximate surface area is 186 Å². The van der Waals surface area contributed by atoms with Gasteiger partial charge in [0.05, 0.1) is 0 Å². The van der Waals surface area contributed by atoms with Crippen molar-refractivity contribution < 1.29 is 0 Å². The summed E-state index contributed by atoms with van der Waals surface area (Å²) in [6, 6.07) is 9.09. The highest BCUT2D eigenvalue weighted by atomic mass is 14.3. The van der Waals surface area contributed by atoms with Gasteiger partial charge < -0.3 is 0 Å². The Morgan fingerprint density at radius 1 is 0.867 bits per heavy atom. The maximum atomic E-state index is 4.23. The van der Waals surface area contributed by atoms with E-state index in [1.165, 1.54) is 75.3 Å². The van der Waals surface area contributed by atoms with Crippen LogP contribution in [0.5, 0.6) is 0 Å². The fourth-order valence-electron chi connectivity index (χ4n) is 5.46. The molecule has 2 aliphatic carbocycles. The SMILES string of the molecule is C=C(/C=C\C(=C)C(C)C)c1ccc(CCC2CCC(C3CCC(C)CC3)CC2)cc1. The smallest absolute Gasteiger partial charge is 0.0190 e. The molecular formula is C30H44. The Balaban J connectivity index is 1.40. The third-order valence-corrected chi connectivity index (χ3v) is 8.02. The van der Waals surface area contributed by atoms with Crippen molar-refractivity contribution in [3.05, 3.63) is 66.3 Å². The zero-order valence-corrected chi connectivity index (χ0v) is 19.8. The monoisotopic (exact) mass is 404 g/mol. The molecular weight excluding hydrogens is 360 g/mol. The van der Waals surface area contributed by atoms with Crippen LogP contribution in [0.1, 0.15) is 89.7 Å². The van der Waals surface area contributed by atoms with Crippen LogP contribution in [0, 0.1) is 29.6 Å². The van der Waals surface area contributed by atoms with E-state index in [1.54, 1.807) is 0 Å². The molecule has 2 saturated carbocycles. The number of hydrogen-bond donors (Lipinski definition) is 0.